The number of ether oxygens (including phenoxy) is 1. The normalized spacial score (nSPS) is 14.9. The van der Waals surface area contributed by atoms with Crippen LogP contribution < -0.4 is 16.2 Å². The van der Waals surface area contributed by atoms with Crippen LogP contribution in [0.2, 0.25) is 0 Å². The van der Waals surface area contributed by atoms with Crippen LogP contribution in [0.25, 0.3) is 11.0 Å². The molecule has 1 amide bonds. The molecule has 146 valence electrons. The maximum Gasteiger partial charge on any atom is 0.269 e. The molecule has 2 aromatic rings. The Morgan fingerprint density at radius 2 is 2.07 bits per heavy atom. The van der Waals surface area contributed by atoms with E-state index in [1.54, 1.807) is 12.1 Å². The zero-order valence-corrected chi connectivity index (χ0v) is 16.6. The number of imidazole rings is 1. The van der Waals surface area contributed by atoms with Crippen molar-refractivity contribution in [1.29, 1.82) is 0 Å². The highest BCUT2D eigenvalue weighted by atomic mass is 32.1. The predicted molar refractivity (Wildman–Crippen MR) is 109 cm³/mol. The van der Waals surface area contributed by atoms with E-state index in [2.05, 4.69) is 37.5 Å². The van der Waals surface area contributed by atoms with Crippen molar-refractivity contribution in [3.63, 3.8) is 0 Å². The van der Waals surface area contributed by atoms with Gasteiger partial charge in [0.1, 0.15) is 5.82 Å². The fourth-order valence-corrected chi connectivity index (χ4v) is 3.33. The molecule has 1 fully saturated rings. The summed E-state index contributed by atoms with van der Waals surface area (Å²) < 4.78 is 7.44. The summed E-state index contributed by atoms with van der Waals surface area (Å²) in [4.78, 5) is 19.2. The van der Waals surface area contributed by atoms with Crippen LogP contribution in [0.4, 0.5) is 0 Å². The number of aryl methyl sites for hydroxylation is 2. The minimum absolute atomic E-state index is 0.252. The van der Waals surface area contributed by atoms with E-state index in [9.17, 15) is 4.79 Å². The molecule has 0 radical (unpaired) electrons. The van der Waals surface area contributed by atoms with Gasteiger partial charge in [0.2, 0.25) is 0 Å². The Labute approximate surface area is 164 Å². The molecule has 0 saturated carbocycles. The number of amides is 1. The Morgan fingerprint density at radius 3 is 2.81 bits per heavy atom. The SMILES string of the molecule is CCn1c(C)nc2cc(C(=O)NNC(=S)NCCN3CCOCC3)ccc21. The third-order valence-electron chi connectivity index (χ3n) is 4.62. The Morgan fingerprint density at radius 1 is 1.30 bits per heavy atom. The molecule has 1 aliphatic rings. The number of carbonyl (C=O) groups excluding carboxylic acids is 1. The van der Waals surface area contributed by atoms with Crippen LogP contribution in [0.1, 0.15) is 23.1 Å². The molecule has 1 aromatic carbocycles. The van der Waals surface area contributed by atoms with Crippen LogP contribution >= 0.6 is 12.2 Å². The number of carbonyl (C=O) groups is 1. The second-order valence-corrected chi connectivity index (χ2v) is 6.80. The lowest BCUT2D eigenvalue weighted by Gasteiger charge is -2.26. The average molecular weight is 391 g/mol. The molecule has 8 nitrogen and oxygen atoms in total. The van der Waals surface area contributed by atoms with Crippen LogP contribution in [-0.2, 0) is 11.3 Å². The van der Waals surface area contributed by atoms with E-state index in [-0.39, 0.29) is 5.91 Å². The fraction of sp³-hybridized carbons (Fsp3) is 0.500. The molecule has 0 aliphatic carbocycles. The zero-order chi connectivity index (χ0) is 19.2. The highest BCUT2D eigenvalue weighted by molar-refractivity contribution is 7.80. The fourth-order valence-electron chi connectivity index (χ4n) is 3.17. The molecule has 3 N–H and O–H groups in total. The second-order valence-electron chi connectivity index (χ2n) is 6.40. The van der Waals surface area contributed by atoms with Gasteiger partial charge in [0.25, 0.3) is 5.91 Å². The van der Waals surface area contributed by atoms with Crippen molar-refractivity contribution in [1.82, 2.24) is 30.6 Å². The molecule has 3 rings (SSSR count). The molecule has 0 spiro atoms. The summed E-state index contributed by atoms with van der Waals surface area (Å²) in [6, 6.07) is 5.51. The van der Waals surface area contributed by atoms with Crippen molar-refractivity contribution in [3.8, 4) is 0 Å². The maximum atomic E-state index is 12.4. The van der Waals surface area contributed by atoms with Gasteiger partial charge in [-0.3, -0.25) is 20.5 Å². The van der Waals surface area contributed by atoms with Gasteiger partial charge in [-0.2, -0.15) is 0 Å². The lowest BCUT2D eigenvalue weighted by molar-refractivity contribution is 0.0389. The number of benzene rings is 1. The third kappa shape index (κ3) is 4.94. The van der Waals surface area contributed by atoms with Crippen molar-refractivity contribution in [2.45, 2.75) is 20.4 Å². The van der Waals surface area contributed by atoms with E-state index in [0.29, 0.717) is 17.2 Å². The van der Waals surface area contributed by atoms with E-state index in [4.69, 9.17) is 17.0 Å². The maximum absolute atomic E-state index is 12.4. The predicted octanol–water partition coefficient (Wildman–Crippen LogP) is 0.806. The number of hydrogen-bond donors (Lipinski definition) is 3. The van der Waals surface area contributed by atoms with Crippen LogP contribution in [-0.4, -0.2) is 64.9 Å². The van der Waals surface area contributed by atoms with Crippen LogP contribution in [0, 0.1) is 6.92 Å². The molecule has 1 saturated heterocycles. The topological polar surface area (TPSA) is 83.5 Å². The molecule has 0 bridgehead atoms. The van der Waals surface area contributed by atoms with Crippen molar-refractivity contribution in [2.75, 3.05) is 39.4 Å². The molecule has 9 heteroatoms. The van der Waals surface area contributed by atoms with Crippen molar-refractivity contribution in [2.24, 2.45) is 0 Å². The summed E-state index contributed by atoms with van der Waals surface area (Å²) >= 11 is 5.21. The standard InChI is InChI=1S/C18H26N6O2S/c1-3-24-13(2)20-15-12-14(4-5-16(15)24)17(25)21-22-18(27)19-6-7-23-8-10-26-11-9-23/h4-5,12H,3,6-11H2,1-2H3,(H,21,25)(H2,19,22,27). The van der Waals surface area contributed by atoms with Gasteiger partial charge < -0.3 is 14.6 Å². The van der Waals surface area contributed by atoms with Gasteiger partial charge in [0, 0.05) is 38.3 Å². The number of thiocarbonyl (C=S) groups is 1. The largest absolute Gasteiger partial charge is 0.379 e. The quantitative estimate of drug-likeness (QED) is 0.515. The highest BCUT2D eigenvalue weighted by Crippen LogP contribution is 2.17. The number of hydrazine groups is 1. The van der Waals surface area contributed by atoms with E-state index >= 15 is 0 Å². The van der Waals surface area contributed by atoms with E-state index < -0.39 is 0 Å². The summed E-state index contributed by atoms with van der Waals surface area (Å²) in [5.41, 5.74) is 7.75. The van der Waals surface area contributed by atoms with Gasteiger partial charge in [0.05, 0.1) is 24.2 Å². The number of hydrogen-bond acceptors (Lipinski definition) is 5. The smallest absolute Gasteiger partial charge is 0.269 e. The number of nitrogens with one attached hydrogen (secondary N) is 3. The van der Waals surface area contributed by atoms with E-state index in [0.717, 1.165) is 56.3 Å². The molecule has 2 heterocycles. The Bertz CT molecular complexity index is 816. The second kappa shape index (κ2) is 9.12. The first-order valence-corrected chi connectivity index (χ1v) is 9.60. The van der Waals surface area contributed by atoms with Gasteiger partial charge in [-0.25, -0.2) is 4.98 Å². The van der Waals surface area contributed by atoms with Gasteiger partial charge >= 0.3 is 0 Å². The van der Waals surface area contributed by atoms with Crippen LogP contribution in [0.3, 0.4) is 0 Å². The first-order valence-electron chi connectivity index (χ1n) is 9.19. The number of aromatic nitrogens is 2. The molecule has 1 aromatic heterocycles. The Hall–Kier alpha value is -2.23. The Kier molecular flexibility index (Phi) is 6.59. The van der Waals surface area contributed by atoms with E-state index in [1.807, 2.05) is 13.0 Å². The lowest BCUT2D eigenvalue weighted by Crippen LogP contribution is -2.49. The summed E-state index contributed by atoms with van der Waals surface area (Å²) in [6.07, 6.45) is 0. The van der Waals surface area contributed by atoms with Gasteiger partial charge in [-0.1, -0.05) is 0 Å². The molecular formula is C18H26N6O2S. The minimum Gasteiger partial charge on any atom is -0.379 e. The molecule has 1 aliphatic heterocycles. The number of rotatable bonds is 5. The first-order chi connectivity index (χ1) is 13.1. The van der Waals surface area contributed by atoms with Gasteiger partial charge in [0.15, 0.2) is 5.11 Å². The minimum atomic E-state index is -0.252. The van der Waals surface area contributed by atoms with Crippen LogP contribution in [0.15, 0.2) is 18.2 Å². The monoisotopic (exact) mass is 390 g/mol. The van der Waals surface area contributed by atoms with Crippen LogP contribution in [0.5, 0.6) is 0 Å². The summed E-state index contributed by atoms with van der Waals surface area (Å²) in [7, 11) is 0. The zero-order valence-electron chi connectivity index (χ0n) is 15.7. The van der Waals surface area contributed by atoms with E-state index in [1.165, 1.54) is 0 Å². The molecule has 27 heavy (non-hydrogen) atoms. The Balaban J connectivity index is 1.47. The summed E-state index contributed by atoms with van der Waals surface area (Å²) in [5.74, 6) is 0.687. The molecular weight excluding hydrogens is 364 g/mol. The van der Waals surface area contributed by atoms with Crippen molar-refractivity contribution in [3.05, 3.63) is 29.6 Å². The van der Waals surface area contributed by atoms with Crippen molar-refractivity contribution < 1.29 is 9.53 Å². The van der Waals surface area contributed by atoms with Gasteiger partial charge in [-0.15, -0.1) is 0 Å². The number of nitrogens with zero attached hydrogens (tertiary/aromatic N) is 3. The molecule has 0 atom stereocenters. The lowest BCUT2D eigenvalue weighted by atomic mass is 10.2. The third-order valence-corrected chi connectivity index (χ3v) is 4.87. The number of morpholine rings is 1. The molecule has 0 unspecified atom stereocenters. The highest BCUT2D eigenvalue weighted by Gasteiger charge is 2.12. The average Bonchev–Trinajstić information content (AvgIpc) is 3.01. The summed E-state index contributed by atoms with van der Waals surface area (Å²) in [6.45, 7) is 9.91. The van der Waals surface area contributed by atoms with Crippen molar-refractivity contribution >= 4 is 34.3 Å². The number of fused-ring (bicyclic) bond motifs is 1. The first kappa shape index (κ1) is 19.5. The van der Waals surface area contributed by atoms with Gasteiger partial charge in [-0.05, 0) is 44.3 Å². The summed E-state index contributed by atoms with van der Waals surface area (Å²) in [5, 5.41) is 3.48.